The summed E-state index contributed by atoms with van der Waals surface area (Å²) in [6.45, 7) is 3.39. The van der Waals surface area contributed by atoms with Crippen LogP contribution in [0.25, 0.3) is 0 Å². The van der Waals surface area contributed by atoms with E-state index in [1.807, 2.05) is 0 Å². The lowest BCUT2D eigenvalue weighted by molar-refractivity contribution is -0.126. The van der Waals surface area contributed by atoms with Crippen LogP contribution in [0.5, 0.6) is 0 Å². The molecule has 9 heteroatoms. The highest BCUT2D eigenvalue weighted by molar-refractivity contribution is 5.87. The molecule has 21 heavy (non-hydrogen) atoms. The lowest BCUT2D eigenvalue weighted by atomic mass is 10.2. The van der Waals surface area contributed by atoms with Gasteiger partial charge in [0, 0.05) is 6.54 Å². The topological polar surface area (TPSA) is 152 Å². The molecule has 1 unspecified atom stereocenters. The minimum atomic E-state index is -0.527. The number of nitrogens with two attached hydrogens (primary N) is 2. The summed E-state index contributed by atoms with van der Waals surface area (Å²) in [5.74, 6) is -0.447. The van der Waals surface area contributed by atoms with Gasteiger partial charge in [-0.1, -0.05) is 0 Å². The van der Waals surface area contributed by atoms with Crippen LogP contribution in [0, 0.1) is 0 Å². The number of nitrogens with one attached hydrogen (secondary N) is 3. The molecule has 0 bridgehead atoms. The number of carbonyl (C=O) groups is 3. The number of Topliss-reactive ketones (excluding diaryl/α,β-unsaturated/α-hetero) is 1. The highest BCUT2D eigenvalue weighted by atomic mass is 16.2. The van der Waals surface area contributed by atoms with Crippen molar-refractivity contribution >= 4 is 23.9 Å². The molecule has 0 saturated heterocycles. The van der Waals surface area contributed by atoms with E-state index in [4.69, 9.17) is 11.5 Å². The van der Waals surface area contributed by atoms with Crippen molar-refractivity contribution in [1.82, 2.24) is 16.2 Å². The molecule has 2 atom stereocenters. The molecule has 0 aromatic heterocycles. The third-order valence-corrected chi connectivity index (χ3v) is 2.66. The molecular weight excluding hydrogens is 276 g/mol. The molecule has 0 aliphatic carbocycles. The van der Waals surface area contributed by atoms with Gasteiger partial charge in [-0.3, -0.25) is 14.6 Å². The van der Waals surface area contributed by atoms with E-state index in [0.717, 1.165) is 6.29 Å². The van der Waals surface area contributed by atoms with Gasteiger partial charge in [0.2, 0.25) is 5.91 Å². The Kier molecular flexibility index (Phi) is 9.72. The van der Waals surface area contributed by atoms with Crippen molar-refractivity contribution in [3.8, 4) is 0 Å². The molecule has 120 valence electrons. The van der Waals surface area contributed by atoms with Gasteiger partial charge in [0.25, 0.3) is 0 Å². The largest absolute Gasteiger partial charge is 0.370 e. The molecule has 0 spiro atoms. The van der Waals surface area contributed by atoms with Gasteiger partial charge in [0.1, 0.15) is 6.29 Å². The zero-order valence-corrected chi connectivity index (χ0v) is 12.4. The number of hydrazine groups is 1. The molecule has 7 N–H and O–H groups in total. The lowest BCUT2D eigenvalue weighted by Gasteiger charge is -2.14. The summed E-state index contributed by atoms with van der Waals surface area (Å²) in [6, 6.07) is -0.974. The molecule has 0 rings (SSSR count). The number of hydrogen-bond donors (Lipinski definition) is 5. The van der Waals surface area contributed by atoms with E-state index < -0.39 is 12.1 Å². The van der Waals surface area contributed by atoms with Crippen molar-refractivity contribution in [3.05, 3.63) is 0 Å². The monoisotopic (exact) mass is 300 g/mol. The van der Waals surface area contributed by atoms with E-state index in [1.165, 1.54) is 6.92 Å². The van der Waals surface area contributed by atoms with Crippen LogP contribution >= 0.6 is 0 Å². The Morgan fingerprint density at radius 2 is 2.00 bits per heavy atom. The van der Waals surface area contributed by atoms with Crippen LogP contribution in [-0.2, 0) is 14.4 Å². The zero-order chi connectivity index (χ0) is 16.3. The van der Waals surface area contributed by atoms with Gasteiger partial charge in [0.05, 0.1) is 18.6 Å². The number of rotatable bonds is 11. The highest BCUT2D eigenvalue weighted by Gasteiger charge is 2.11. The smallest absolute Gasteiger partial charge is 0.235 e. The standard InChI is InChI=1S/C12H24N6O3/c1-8(9(2)20)17-11(21)6-16-18-10(7-19)4-3-5-15-12(13)14/h7-8,10,16,18H,3-6H2,1-2H3,(H,17,21)(H4,13,14,15)/t8?,10-/m0/s1. The summed E-state index contributed by atoms with van der Waals surface area (Å²) in [6.07, 6.45) is 1.89. The quantitative estimate of drug-likeness (QED) is 0.0954. The second kappa shape index (κ2) is 10.7. The van der Waals surface area contributed by atoms with Crippen LogP contribution in [0.1, 0.15) is 26.7 Å². The van der Waals surface area contributed by atoms with Crippen molar-refractivity contribution in [2.24, 2.45) is 16.5 Å². The molecule has 1 amide bonds. The molecule has 0 radical (unpaired) electrons. The normalized spacial score (nSPS) is 13.0. The highest BCUT2D eigenvalue weighted by Crippen LogP contribution is 1.94. The summed E-state index contributed by atoms with van der Waals surface area (Å²) in [7, 11) is 0. The molecular formula is C12H24N6O3. The Morgan fingerprint density at radius 1 is 1.33 bits per heavy atom. The minimum Gasteiger partial charge on any atom is -0.370 e. The summed E-state index contributed by atoms with van der Waals surface area (Å²) in [5, 5.41) is 2.51. The van der Waals surface area contributed by atoms with E-state index in [1.54, 1.807) is 6.92 Å². The minimum absolute atomic E-state index is 0.0139. The Bertz CT molecular complexity index is 381. The Labute approximate surface area is 123 Å². The van der Waals surface area contributed by atoms with Crippen LogP contribution in [0.4, 0.5) is 0 Å². The predicted molar refractivity (Wildman–Crippen MR) is 79.2 cm³/mol. The fraction of sp³-hybridized carbons (Fsp3) is 0.667. The Hall–Kier alpha value is -2.00. The third-order valence-electron chi connectivity index (χ3n) is 2.66. The first-order valence-corrected chi connectivity index (χ1v) is 6.65. The average Bonchev–Trinajstić information content (AvgIpc) is 2.40. The SMILES string of the molecule is CC(=O)C(C)NC(=O)CNN[C@H](C=O)CCCN=C(N)N. The predicted octanol–water partition coefficient (Wildman–Crippen LogP) is -2.20. The van der Waals surface area contributed by atoms with Crippen LogP contribution < -0.4 is 27.6 Å². The van der Waals surface area contributed by atoms with E-state index in [2.05, 4.69) is 21.2 Å². The number of nitrogens with zero attached hydrogens (tertiary/aromatic N) is 1. The van der Waals surface area contributed by atoms with Gasteiger partial charge in [-0.2, -0.15) is 0 Å². The Balaban J connectivity index is 3.85. The Morgan fingerprint density at radius 3 is 2.52 bits per heavy atom. The lowest BCUT2D eigenvalue weighted by Crippen LogP contribution is -2.48. The first-order chi connectivity index (χ1) is 9.86. The first-order valence-electron chi connectivity index (χ1n) is 6.65. The van der Waals surface area contributed by atoms with Crippen LogP contribution in [-0.4, -0.2) is 49.1 Å². The summed E-state index contributed by atoms with van der Waals surface area (Å²) in [4.78, 5) is 37.1. The molecule has 0 saturated carbocycles. The second-order valence-corrected chi connectivity index (χ2v) is 4.59. The third kappa shape index (κ3) is 10.4. The first kappa shape index (κ1) is 19.0. The van der Waals surface area contributed by atoms with Gasteiger partial charge >= 0.3 is 0 Å². The van der Waals surface area contributed by atoms with Gasteiger partial charge in [0.15, 0.2) is 11.7 Å². The second-order valence-electron chi connectivity index (χ2n) is 4.59. The molecule has 0 heterocycles. The number of guanidine groups is 1. The van der Waals surface area contributed by atoms with Gasteiger partial charge < -0.3 is 21.6 Å². The average molecular weight is 300 g/mol. The number of ketones is 1. The van der Waals surface area contributed by atoms with Crippen LogP contribution in [0.2, 0.25) is 0 Å². The number of carbonyl (C=O) groups excluding carboxylic acids is 3. The van der Waals surface area contributed by atoms with Crippen molar-refractivity contribution in [1.29, 1.82) is 0 Å². The van der Waals surface area contributed by atoms with E-state index in [0.29, 0.717) is 19.4 Å². The van der Waals surface area contributed by atoms with Crippen LogP contribution in [0.3, 0.4) is 0 Å². The maximum Gasteiger partial charge on any atom is 0.235 e. The zero-order valence-electron chi connectivity index (χ0n) is 12.4. The molecule has 9 nitrogen and oxygen atoms in total. The molecule has 0 aromatic carbocycles. The maximum atomic E-state index is 11.5. The summed E-state index contributed by atoms with van der Waals surface area (Å²) >= 11 is 0. The molecule has 0 fully saturated rings. The van der Waals surface area contributed by atoms with E-state index in [9.17, 15) is 14.4 Å². The van der Waals surface area contributed by atoms with Gasteiger partial charge in [-0.25, -0.2) is 10.9 Å². The van der Waals surface area contributed by atoms with Crippen LogP contribution in [0.15, 0.2) is 4.99 Å². The number of hydrogen-bond acceptors (Lipinski definition) is 6. The van der Waals surface area contributed by atoms with Crippen molar-refractivity contribution in [2.75, 3.05) is 13.1 Å². The fourth-order valence-electron chi connectivity index (χ4n) is 1.35. The van der Waals surface area contributed by atoms with E-state index in [-0.39, 0.29) is 24.2 Å². The fourth-order valence-corrected chi connectivity index (χ4v) is 1.35. The number of aldehydes is 1. The molecule has 0 aliphatic heterocycles. The van der Waals surface area contributed by atoms with Gasteiger partial charge in [-0.05, 0) is 26.7 Å². The summed E-state index contributed by atoms with van der Waals surface area (Å²) < 4.78 is 0. The number of aliphatic imine (C=N–C) groups is 1. The summed E-state index contributed by atoms with van der Waals surface area (Å²) in [5.41, 5.74) is 15.7. The maximum absolute atomic E-state index is 11.5. The molecule has 0 aromatic rings. The van der Waals surface area contributed by atoms with Crippen molar-refractivity contribution in [3.63, 3.8) is 0 Å². The number of amides is 1. The van der Waals surface area contributed by atoms with Crippen molar-refractivity contribution in [2.45, 2.75) is 38.8 Å². The van der Waals surface area contributed by atoms with Gasteiger partial charge in [-0.15, -0.1) is 0 Å². The van der Waals surface area contributed by atoms with Crippen molar-refractivity contribution < 1.29 is 14.4 Å². The van der Waals surface area contributed by atoms with E-state index >= 15 is 0 Å². The molecule has 0 aliphatic rings.